The highest BCUT2D eigenvalue weighted by atomic mass is 16.1. The Morgan fingerprint density at radius 1 is 1.70 bits per heavy atom. The van der Waals surface area contributed by atoms with E-state index < -0.39 is 0 Å². The smallest absolute Gasteiger partial charge is 0.163 e. The molecule has 0 aromatic carbocycles. The maximum atomic E-state index is 11.1. The molecule has 0 bridgehead atoms. The lowest BCUT2D eigenvalue weighted by atomic mass is 10.0. The van der Waals surface area contributed by atoms with E-state index in [1.54, 1.807) is 0 Å². The summed E-state index contributed by atoms with van der Waals surface area (Å²) in [6, 6.07) is 0.155. The molecule has 1 atom stereocenters. The normalized spacial score (nSPS) is 24.5. The van der Waals surface area contributed by atoms with Crippen molar-refractivity contribution in [2.24, 2.45) is 0 Å². The number of hydrogen-bond donors (Lipinski definition) is 1. The summed E-state index contributed by atoms with van der Waals surface area (Å²) >= 11 is 0. The van der Waals surface area contributed by atoms with Gasteiger partial charge in [0.05, 0.1) is 12.6 Å². The van der Waals surface area contributed by atoms with Gasteiger partial charge in [0.1, 0.15) is 0 Å². The molecule has 0 aromatic rings. The maximum absolute atomic E-state index is 11.1. The molecule has 3 heteroatoms. The van der Waals surface area contributed by atoms with Gasteiger partial charge in [0.2, 0.25) is 0 Å². The van der Waals surface area contributed by atoms with Crippen LogP contribution in [-0.4, -0.2) is 43.9 Å². The molecule has 0 saturated carbocycles. The van der Waals surface area contributed by atoms with Crippen LogP contribution in [0.25, 0.3) is 0 Å². The number of likely N-dealkylation sites (N-methyl/N-ethyl adjacent to an activating group) is 1. The molecule has 10 heavy (non-hydrogen) atoms. The summed E-state index contributed by atoms with van der Waals surface area (Å²) in [6.45, 7) is 1.57. The number of carbonyl (C=O) groups excluding carboxylic acids is 1. The number of Topliss-reactive ketones (excluding diaryl/α,β-unsaturated/α-hetero) is 1. The van der Waals surface area contributed by atoms with Gasteiger partial charge in [-0.15, -0.1) is 0 Å². The molecule has 1 aliphatic rings. The predicted octanol–water partition coefficient (Wildman–Crippen LogP) is -0.521. The fourth-order valence-electron chi connectivity index (χ4n) is 0.985. The van der Waals surface area contributed by atoms with Crippen molar-refractivity contribution in [3.63, 3.8) is 0 Å². The first-order chi connectivity index (χ1) is 4.70. The number of carbonyl (C=O) groups is 1. The van der Waals surface area contributed by atoms with Crippen LogP contribution in [-0.2, 0) is 4.79 Å². The topological polar surface area (TPSA) is 32.3 Å². The second kappa shape index (κ2) is 3.12. The Morgan fingerprint density at radius 3 is 2.60 bits per heavy atom. The lowest BCUT2D eigenvalue weighted by molar-refractivity contribution is -0.123. The van der Waals surface area contributed by atoms with E-state index in [2.05, 4.69) is 5.32 Å². The molecule has 0 aliphatic carbocycles. The van der Waals surface area contributed by atoms with Gasteiger partial charge in [-0.05, 0) is 27.1 Å². The molecule has 1 fully saturated rings. The Morgan fingerprint density at radius 2 is 2.30 bits per heavy atom. The van der Waals surface area contributed by atoms with Crippen molar-refractivity contribution in [1.82, 2.24) is 10.2 Å². The molecular formula is C7H14N2O. The van der Waals surface area contributed by atoms with Crippen LogP contribution in [0, 0.1) is 0 Å². The molecule has 1 unspecified atom stereocenters. The summed E-state index contributed by atoms with van der Waals surface area (Å²) in [6.07, 6.45) is 1.02. The molecule has 1 N–H and O–H groups in total. The van der Waals surface area contributed by atoms with Gasteiger partial charge in [0, 0.05) is 0 Å². The van der Waals surface area contributed by atoms with Gasteiger partial charge >= 0.3 is 0 Å². The third-order valence-corrected chi connectivity index (χ3v) is 1.68. The van der Waals surface area contributed by atoms with Gasteiger partial charge in [-0.25, -0.2) is 0 Å². The summed E-state index contributed by atoms with van der Waals surface area (Å²) in [7, 11) is 3.83. The zero-order chi connectivity index (χ0) is 7.56. The van der Waals surface area contributed by atoms with Crippen molar-refractivity contribution < 1.29 is 4.79 Å². The monoisotopic (exact) mass is 142 g/mol. The SMILES string of the molecule is CN(C)CC(=O)C1CCN1. The van der Waals surface area contributed by atoms with Gasteiger partial charge in [0.25, 0.3) is 0 Å². The Labute approximate surface area is 61.4 Å². The number of rotatable bonds is 3. The van der Waals surface area contributed by atoms with Crippen LogP contribution >= 0.6 is 0 Å². The standard InChI is InChI=1S/C7H14N2O/c1-9(2)5-7(10)6-3-4-8-6/h6,8H,3-5H2,1-2H3. The Hall–Kier alpha value is -0.410. The minimum Gasteiger partial charge on any atom is -0.307 e. The van der Waals surface area contributed by atoms with E-state index in [4.69, 9.17) is 0 Å². The maximum Gasteiger partial charge on any atom is 0.163 e. The minimum absolute atomic E-state index is 0.155. The quantitative estimate of drug-likeness (QED) is 0.575. The summed E-state index contributed by atoms with van der Waals surface area (Å²) in [5.41, 5.74) is 0. The van der Waals surface area contributed by atoms with Crippen molar-refractivity contribution in [3.05, 3.63) is 0 Å². The van der Waals surface area contributed by atoms with Crippen LogP contribution in [0.3, 0.4) is 0 Å². The minimum atomic E-state index is 0.155. The fraction of sp³-hybridized carbons (Fsp3) is 0.857. The van der Waals surface area contributed by atoms with E-state index in [1.807, 2.05) is 19.0 Å². The van der Waals surface area contributed by atoms with Crippen LogP contribution in [0.15, 0.2) is 0 Å². The zero-order valence-corrected chi connectivity index (χ0v) is 6.55. The molecule has 0 spiro atoms. The van der Waals surface area contributed by atoms with Crippen LogP contribution in [0.1, 0.15) is 6.42 Å². The first-order valence-corrected chi connectivity index (χ1v) is 3.61. The zero-order valence-electron chi connectivity index (χ0n) is 6.55. The molecule has 0 radical (unpaired) electrons. The van der Waals surface area contributed by atoms with Crippen molar-refractivity contribution in [2.75, 3.05) is 27.2 Å². The molecule has 3 nitrogen and oxygen atoms in total. The van der Waals surface area contributed by atoms with Crippen LogP contribution in [0.4, 0.5) is 0 Å². The highest BCUT2D eigenvalue weighted by Crippen LogP contribution is 2.02. The molecule has 1 rings (SSSR count). The number of nitrogens with one attached hydrogen (secondary N) is 1. The second-order valence-electron chi connectivity index (χ2n) is 3.00. The molecule has 1 saturated heterocycles. The first kappa shape index (κ1) is 7.69. The van der Waals surface area contributed by atoms with E-state index in [0.717, 1.165) is 13.0 Å². The van der Waals surface area contributed by atoms with Gasteiger partial charge in [-0.3, -0.25) is 4.79 Å². The highest BCUT2D eigenvalue weighted by molar-refractivity contribution is 5.86. The van der Waals surface area contributed by atoms with Gasteiger partial charge in [0.15, 0.2) is 5.78 Å². The van der Waals surface area contributed by atoms with Gasteiger partial charge < -0.3 is 10.2 Å². The average molecular weight is 142 g/mol. The molecule has 0 amide bonds. The van der Waals surface area contributed by atoms with E-state index in [9.17, 15) is 4.79 Å². The van der Waals surface area contributed by atoms with E-state index in [0.29, 0.717) is 12.3 Å². The van der Waals surface area contributed by atoms with Crippen LogP contribution in [0.5, 0.6) is 0 Å². The number of hydrogen-bond acceptors (Lipinski definition) is 3. The summed E-state index contributed by atoms with van der Waals surface area (Å²) in [5.74, 6) is 0.316. The average Bonchev–Trinajstić information content (AvgIpc) is 1.55. The Kier molecular flexibility index (Phi) is 2.40. The van der Waals surface area contributed by atoms with E-state index in [1.165, 1.54) is 0 Å². The third-order valence-electron chi connectivity index (χ3n) is 1.68. The lowest BCUT2D eigenvalue weighted by Gasteiger charge is -2.27. The van der Waals surface area contributed by atoms with E-state index >= 15 is 0 Å². The predicted molar refractivity (Wildman–Crippen MR) is 40.0 cm³/mol. The largest absolute Gasteiger partial charge is 0.307 e. The summed E-state index contributed by atoms with van der Waals surface area (Å²) in [5, 5.41) is 3.07. The van der Waals surface area contributed by atoms with Crippen molar-refractivity contribution in [1.29, 1.82) is 0 Å². The van der Waals surface area contributed by atoms with Crippen molar-refractivity contribution in [3.8, 4) is 0 Å². The van der Waals surface area contributed by atoms with Crippen LogP contribution < -0.4 is 5.32 Å². The third kappa shape index (κ3) is 1.78. The van der Waals surface area contributed by atoms with Crippen LogP contribution in [0.2, 0.25) is 0 Å². The van der Waals surface area contributed by atoms with Gasteiger partial charge in [-0.2, -0.15) is 0 Å². The second-order valence-corrected chi connectivity index (χ2v) is 3.00. The number of ketones is 1. The first-order valence-electron chi connectivity index (χ1n) is 3.61. The molecule has 1 heterocycles. The van der Waals surface area contributed by atoms with Crippen molar-refractivity contribution >= 4 is 5.78 Å². The Bertz CT molecular complexity index is 130. The summed E-state index contributed by atoms with van der Waals surface area (Å²) < 4.78 is 0. The fourth-order valence-corrected chi connectivity index (χ4v) is 0.985. The Balaban J connectivity index is 2.20. The highest BCUT2D eigenvalue weighted by Gasteiger charge is 2.23. The molecule has 0 aromatic heterocycles. The lowest BCUT2D eigenvalue weighted by Crippen LogP contribution is -2.51. The van der Waals surface area contributed by atoms with Crippen molar-refractivity contribution in [2.45, 2.75) is 12.5 Å². The molecular weight excluding hydrogens is 128 g/mol. The molecule has 58 valence electrons. The summed E-state index contributed by atoms with van der Waals surface area (Å²) in [4.78, 5) is 13.0. The molecule has 1 aliphatic heterocycles. The number of nitrogens with zero attached hydrogens (tertiary/aromatic N) is 1. The van der Waals surface area contributed by atoms with E-state index in [-0.39, 0.29) is 6.04 Å². The van der Waals surface area contributed by atoms with Gasteiger partial charge in [-0.1, -0.05) is 0 Å².